The topological polar surface area (TPSA) is 145 Å². The van der Waals surface area contributed by atoms with Crippen molar-refractivity contribution in [3.05, 3.63) is 29.8 Å². The fourth-order valence-electron chi connectivity index (χ4n) is 3.82. The van der Waals surface area contributed by atoms with Crippen molar-refractivity contribution in [1.29, 1.82) is 0 Å². The molecule has 2 aromatic rings. The van der Waals surface area contributed by atoms with Gasteiger partial charge in [-0.05, 0) is 10.8 Å². The smallest absolute Gasteiger partial charge is 0.317 e. The van der Waals surface area contributed by atoms with Gasteiger partial charge in [-0.15, -0.1) is 10.2 Å². The maximum Gasteiger partial charge on any atom is 0.317 e. The second-order valence-electron chi connectivity index (χ2n) is 7.11. The van der Waals surface area contributed by atoms with E-state index in [1.807, 2.05) is 17.0 Å². The van der Waals surface area contributed by atoms with Crippen molar-refractivity contribution in [3.63, 3.8) is 0 Å². The average molecular weight is 404 g/mol. The molecule has 3 N–H and O–H groups in total. The SMILES string of the molecule is O=C(O)CN1C[C@@H]2COC[C@H](C1)N(Cc1ccc(-c3nn[nH]n3)cc1)C2.O=CO. The van der Waals surface area contributed by atoms with Crippen molar-refractivity contribution in [2.24, 2.45) is 5.92 Å². The first-order valence-corrected chi connectivity index (χ1v) is 9.25. The van der Waals surface area contributed by atoms with Crippen molar-refractivity contribution in [3.8, 4) is 11.4 Å². The van der Waals surface area contributed by atoms with Crippen LogP contribution in [0, 0.1) is 5.92 Å². The van der Waals surface area contributed by atoms with E-state index < -0.39 is 5.97 Å². The van der Waals surface area contributed by atoms with E-state index in [2.05, 4.69) is 37.7 Å². The number of nitrogens with zero attached hydrogens (tertiary/aromatic N) is 5. The number of aliphatic carboxylic acids is 1. The van der Waals surface area contributed by atoms with E-state index in [4.69, 9.17) is 19.7 Å². The average Bonchev–Trinajstić information content (AvgIpc) is 3.08. The summed E-state index contributed by atoms with van der Waals surface area (Å²) in [5.41, 5.74) is 2.13. The van der Waals surface area contributed by atoms with Gasteiger partial charge >= 0.3 is 5.97 Å². The molecule has 4 rings (SSSR count). The molecule has 0 amide bonds. The predicted octanol–water partition coefficient (Wildman–Crippen LogP) is -0.215. The van der Waals surface area contributed by atoms with Crippen LogP contribution in [0.4, 0.5) is 0 Å². The van der Waals surface area contributed by atoms with Crippen LogP contribution < -0.4 is 0 Å². The zero-order valence-electron chi connectivity index (χ0n) is 15.8. The molecule has 29 heavy (non-hydrogen) atoms. The van der Waals surface area contributed by atoms with E-state index in [-0.39, 0.29) is 19.1 Å². The third-order valence-electron chi connectivity index (χ3n) is 4.96. The third kappa shape index (κ3) is 5.79. The highest BCUT2D eigenvalue weighted by Crippen LogP contribution is 2.22. The second-order valence-corrected chi connectivity index (χ2v) is 7.11. The van der Waals surface area contributed by atoms with Crippen LogP contribution in [-0.2, 0) is 20.9 Å². The summed E-state index contributed by atoms with van der Waals surface area (Å²) in [6.07, 6.45) is 0. The summed E-state index contributed by atoms with van der Waals surface area (Å²) in [7, 11) is 0. The molecule has 0 unspecified atom stereocenters. The summed E-state index contributed by atoms with van der Waals surface area (Å²) in [5.74, 6) is 0.148. The Hall–Kier alpha value is -2.89. The quantitative estimate of drug-likeness (QED) is 0.572. The van der Waals surface area contributed by atoms with Crippen molar-refractivity contribution < 1.29 is 24.5 Å². The molecule has 2 saturated heterocycles. The summed E-state index contributed by atoms with van der Waals surface area (Å²) in [6.45, 7) is 4.43. The number of hydrogen-bond acceptors (Lipinski definition) is 8. The molecule has 0 radical (unpaired) electrons. The van der Waals surface area contributed by atoms with Gasteiger partial charge in [-0.1, -0.05) is 24.3 Å². The minimum absolute atomic E-state index is 0.0975. The van der Waals surface area contributed by atoms with Gasteiger partial charge in [0.2, 0.25) is 5.82 Å². The highest BCUT2D eigenvalue weighted by molar-refractivity contribution is 5.69. The largest absolute Gasteiger partial charge is 0.483 e. The van der Waals surface area contributed by atoms with E-state index in [1.165, 1.54) is 5.56 Å². The van der Waals surface area contributed by atoms with E-state index >= 15 is 0 Å². The second kappa shape index (κ2) is 10.0. The first kappa shape index (κ1) is 20.8. The fraction of sp³-hybridized carbons (Fsp3) is 0.500. The molecule has 2 fully saturated rings. The number of H-pyrrole nitrogens is 1. The summed E-state index contributed by atoms with van der Waals surface area (Å²) in [5, 5.41) is 30.0. The van der Waals surface area contributed by atoms with Crippen LogP contribution in [0.5, 0.6) is 0 Å². The molecule has 2 atom stereocenters. The summed E-state index contributed by atoms with van der Waals surface area (Å²) < 4.78 is 5.81. The molecule has 0 spiro atoms. The molecule has 1 aromatic carbocycles. The number of rotatable bonds is 5. The number of ether oxygens (including phenoxy) is 1. The molecule has 156 valence electrons. The highest BCUT2D eigenvalue weighted by atomic mass is 16.5. The van der Waals surface area contributed by atoms with Crippen LogP contribution in [0.1, 0.15) is 5.56 Å². The van der Waals surface area contributed by atoms with Gasteiger partial charge in [-0.2, -0.15) is 5.21 Å². The maximum atomic E-state index is 11.1. The van der Waals surface area contributed by atoms with Crippen LogP contribution in [-0.4, -0.2) is 98.5 Å². The minimum Gasteiger partial charge on any atom is -0.483 e. The number of carboxylic acid groups (broad SMARTS) is 2. The standard InChI is InChI=1S/C17H22N6O3.CH2O2/c24-16(25)9-22-5-13-7-23(15(8-22)11-26-10-13)6-12-1-3-14(4-2-12)17-18-20-21-19-17;2-1-3/h1-4,13,15H,5-11H2,(H,24,25)(H,18,19,20,21);1H,(H,2,3)/t13-,15-;/m0./s1. The molecule has 3 heterocycles. The number of tetrazole rings is 1. The van der Waals surface area contributed by atoms with Gasteiger partial charge in [0.15, 0.2) is 0 Å². The first-order chi connectivity index (χ1) is 14.1. The number of nitrogens with one attached hydrogen (secondary N) is 1. The van der Waals surface area contributed by atoms with E-state index in [1.54, 1.807) is 0 Å². The van der Waals surface area contributed by atoms with Gasteiger partial charge in [0.1, 0.15) is 0 Å². The monoisotopic (exact) mass is 404 g/mol. The van der Waals surface area contributed by atoms with Crippen LogP contribution >= 0.6 is 0 Å². The van der Waals surface area contributed by atoms with Gasteiger partial charge in [0.25, 0.3) is 6.47 Å². The Kier molecular flexibility index (Phi) is 7.22. The van der Waals surface area contributed by atoms with E-state index in [9.17, 15) is 4.79 Å². The van der Waals surface area contributed by atoms with Crippen molar-refractivity contribution in [1.82, 2.24) is 30.4 Å². The van der Waals surface area contributed by atoms with E-state index in [0.29, 0.717) is 25.0 Å². The molecule has 2 aliphatic heterocycles. The summed E-state index contributed by atoms with van der Waals surface area (Å²) >= 11 is 0. The Balaban J connectivity index is 0.000000755. The van der Waals surface area contributed by atoms with Gasteiger partial charge < -0.3 is 14.9 Å². The lowest BCUT2D eigenvalue weighted by molar-refractivity contribution is -0.138. The van der Waals surface area contributed by atoms with Gasteiger partial charge in [0.05, 0.1) is 19.8 Å². The lowest BCUT2D eigenvalue weighted by Gasteiger charge is -2.30. The molecule has 2 bridgehead atoms. The Morgan fingerprint density at radius 2 is 2.00 bits per heavy atom. The van der Waals surface area contributed by atoms with Crippen molar-refractivity contribution in [2.45, 2.75) is 12.6 Å². The molecule has 11 heteroatoms. The molecular formula is C18H24N6O5. The van der Waals surface area contributed by atoms with Gasteiger partial charge in [0, 0.05) is 43.7 Å². The molecule has 0 aliphatic carbocycles. The highest BCUT2D eigenvalue weighted by Gasteiger charge is 2.33. The zero-order valence-corrected chi connectivity index (χ0v) is 15.8. The number of carboxylic acids is 1. The van der Waals surface area contributed by atoms with Crippen LogP contribution in [0.25, 0.3) is 11.4 Å². The summed E-state index contributed by atoms with van der Waals surface area (Å²) in [4.78, 5) is 23.9. The van der Waals surface area contributed by atoms with Crippen LogP contribution in [0.15, 0.2) is 24.3 Å². The molecule has 1 aromatic heterocycles. The lowest BCUT2D eigenvalue weighted by Crippen LogP contribution is -2.44. The number of benzene rings is 1. The number of carbonyl (C=O) groups is 2. The van der Waals surface area contributed by atoms with Crippen LogP contribution in [0.2, 0.25) is 0 Å². The van der Waals surface area contributed by atoms with E-state index in [0.717, 1.165) is 31.7 Å². The first-order valence-electron chi connectivity index (χ1n) is 9.25. The van der Waals surface area contributed by atoms with Crippen molar-refractivity contribution >= 4 is 12.4 Å². The molecule has 11 nitrogen and oxygen atoms in total. The van der Waals surface area contributed by atoms with Crippen LogP contribution in [0.3, 0.4) is 0 Å². The Bertz CT molecular complexity index is 785. The van der Waals surface area contributed by atoms with Gasteiger partial charge in [-0.3, -0.25) is 19.4 Å². The lowest BCUT2D eigenvalue weighted by atomic mass is 10.1. The Morgan fingerprint density at radius 1 is 1.24 bits per heavy atom. The molecule has 2 aliphatic rings. The number of aromatic nitrogens is 4. The Labute approximate surface area is 167 Å². The normalized spacial score (nSPS) is 22.2. The number of fused-ring (bicyclic) bond motifs is 3. The third-order valence-corrected chi connectivity index (χ3v) is 4.96. The minimum atomic E-state index is -0.769. The zero-order chi connectivity index (χ0) is 20.6. The Morgan fingerprint density at radius 3 is 2.66 bits per heavy atom. The molecular weight excluding hydrogens is 380 g/mol. The maximum absolute atomic E-state index is 11.1. The molecule has 0 saturated carbocycles. The number of aromatic amines is 1. The number of hydrogen-bond donors (Lipinski definition) is 3. The van der Waals surface area contributed by atoms with Gasteiger partial charge in [-0.25, -0.2) is 0 Å². The summed E-state index contributed by atoms with van der Waals surface area (Å²) in [6, 6.07) is 8.36. The van der Waals surface area contributed by atoms with Crippen molar-refractivity contribution in [2.75, 3.05) is 39.4 Å². The fourth-order valence-corrected chi connectivity index (χ4v) is 3.82. The predicted molar refractivity (Wildman–Crippen MR) is 101 cm³/mol.